The van der Waals surface area contributed by atoms with E-state index in [-0.39, 0.29) is 12.3 Å². The van der Waals surface area contributed by atoms with E-state index in [0.29, 0.717) is 18.6 Å². The third kappa shape index (κ3) is 1.89. The van der Waals surface area contributed by atoms with Crippen molar-refractivity contribution in [3.8, 4) is 0 Å². The van der Waals surface area contributed by atoms with Crippen molar-refractivity contribution in [2.45, 2.75) is 31.3 Å². The number of benzene rings is 1. The van der Waals surface area contributed by atoms with Crippen LogP contribution in [-0.4, -0.2) is 40.7 Å². The normalized spacial score (nSPS) is 26.6. The number of fused-ring (bicyclic) bond motifs is 7. The number of hydrogen-bond donors (Lipinski definition) is 1. The maximum atomic E-state index is 12.1. The number of rotatable bonds is 1. The zero-order chi connectivity index (χ0) is 17.3. The number of para-hydroxylation sites is 1. The van der Waals surface area contributed by atoms with E-state index in [4.69, 9.17) is 0 Å². The Kier molecular flexibility index (Phi) is 2.89. The molecule has 4 aliphatic rings. The molecule has 0 aliphatic carbocycles. The van der Waals surface area contributed by atoms with Crippen LogP contribution in [0.3, 0.4) is 0 Å². The number of ketones is 1. The van der Waals surface area contributed by atoms with E-state index in [0.717, 1.165) is 12.1 Å². The second kappa shape index (κ2) is 5.17. The molecule has 5 heterocycles. The molecule has 130 valence electrons. The first-order valence-corrected chi connectivity index (χ1v) is 9.39. The van der Waals surface area contributed by atoms with Crippen LogP contribution in [0.15, 0.2) is 47.1 Å². The summed E-state index contributed by atoms with van der Waals surface area (Å²) in [6.07, 6.45) is 9.44. The van der Waals surface area contributed by atoms with Gasteiger partial charge in [0.25, 0.3) is 0 Å². The molecule has 2 aromatic rings. The van der Waals surface area contributed by atoms with Gasteiger partial charge in [-0.25, -0.2) is 0 Å². The maximum absolute atomic E-state index is 12.1. The number of hydrogen-bond acceptors (Lipinski definition) is 4. The summed E-state index contributed by atoms with van der Waals surface area (Å²) in [5.41, 5.74) is 6.17. The predicted octanol–water partition coefficient (Wildman–Crippen LogP) is 2.64. The lowest BCUT2D eigenvalue weighted by atomic mass is 9.99. The summed E-state index contributed by atoms with van der Waals surface area (Å²) in [4.78, 5) is 18.3. The van der Waals surface area contributed by atoms with Crippen molar-refractivity contribution in [1.82, 2.24) is 14.8 Å². The minimum atomic E-state index is 0.101. The summed E-state index contributed by atoms with van der Waals surface area (Å²) in [5.74, 6) is 0.101. The Morgan fingerprint density at radius 2 is 2.08 bits per heavy atom. The van der Waals surface area contributed by atoms with Crippen molar-refractivity contribution in [1.29, 1.82) is 0 Å². The number of nitrogens with zero attached hydrogens (tertiary/aromatic N) is 3. The van der Waals surface area contributed by atoms with E-state index in [1.807, 2.05) is 17.3 Å². The van der Waals surface area contributed by atoms with Gasteiger partial charge in [-0.05, 0) is 36.6 Å². The molecule has 1 N–H and O–H groups in total. The molecule has 0 unspecified atom stereocenters. The lowest BCUT2D eigenvalue weighted by Crippen LogP contribution is -2.36. The molecule has 0 saturated carbocycles. The van der Waals surface area contributed by atoms with Gasteiger partial charge in [0.2, 0.25) is 5.78 Å². The number of allylic oxidation sites excluding steroid dienone is 2. The second-order valence-electron chi connectivity index (χ2n) is 7.63. The average molecular weight is 344 g/mol. The molecule has 5 nitrogen and oxygen atoms in total. The number of Topliss-reactive ketones (excluding diaryl/α,β-unsaturated/α-hetero) is 1. The first-order chi connectivity index (χ1) is 12.8. The third-order valence-corrected chi connectivity index (χ3v) is 6.15. The topological polar surface area (TPSA) is 49.6 Å². The summed E-state index contributed by atoms with van der Waals surface area (Å²) >= 11 is 0. The Balaban J connectivity index is 1.57. The molecule has 1 fully saturated rings. The highest BCUT2D eigenvalue weighted by atomic mass is 16.1. The highest BCUT2D eigenvalue weighted by molar-refractivity contribution is 6.02. The quantitative estimate of drug-likeness (QED) is 0.865. The van der Waals surface area contributed by atoms with Crippen molar-refractivity contribution in [3.05, 3.63) is 53.4 Å². The molecule has 1 aromatic carbocycles. The molecule has 1 saturated heterocycles. The highest BCUT2D eigenvalue weighted by Gasteiger charge is 2.37. The fourth-order valence-corrected chi connectivity index (χ4v) is 5.06. The smallest absolute Gasteiger partial charge is 0.200 e. The highest BCUT2D eigenvalue weighted by Crippen LogP contribution is 2.43. The van der Waals surface area contributed by atoms with Crippen molar-refractivity contribution in [2.75, 3.05) is 13.1 Å². The van der Waals surface area contributed by atoms with Gasteiger partial charge in [0.15, 0.2) is 0 Å². The third-order valence-electron chi connectivity index (χ3n) is 6.15. The van der Waals surface area contributed by atoms with Crippen LogP contribution in [-0.2, 0) is 11.2 Å². The minimum absolute atomic E-state index is 0.101. The lowest BCUT2D eigenvalue weighted by Gasteiger charge is -2.31. The van der Waals surface area contributed by atoms with Crippen molar-refractivity contribution in [2.24, 2.45) is 4.99 Å². The molecule has 26 heavy (non-hydrogen) atoms. The maximum Gasteiger partial charge on any atom is 0.200 e. The zero-order valence-electron chi connectivity index (χ0n) is 14.5. The Hall–Kier alpha value is -2.66. The second-order valence-corrected chi connectivity index (χ2v) is 7.63. The van der Waals surface area contributed by atoms with Crippen molar-refractivity contribution < 1.29 is 4.79 Å². The molecule has 0 spiro atoms. The van der Waals surface area contributed by atoms with Crippen LogP contribution in [0.2, 0.25) is 0 Å². The summed E-state index contributed by atoms with van der Waals surface area (Å²) in [5, 5.41) is 5.15. The first kappa shape index (κ1) is 14.5. The molecule has 2 bridgehead atoms. The van der Waals surface area contributed by atoms with E-state index in [1.165, 1.54) is 40.7 Å². The van der Waals surface area contributed by atoms with Crippen LogP contribution in [0.1, 0.15) is 30.1 Å². The van der Waals surface area contributed by atoms with E-state index in [1.54, 1.807) is 0 Å². The molecule has 0 amide bonds. The van der Waals surface area contributed by atoms with Gasteiger partial charge in [-0.1, -0.05) is 18.2 Å². The lowest BCUT2D eigenvalue weighted by molar-refractivity contribution is -0.115. The van der Waals surface area contributed by atoms with Crippen LogP contribution >= 0.6 is 0 Å². The van der Waals surface area contributed by atoms with Gasteiger partial charge in [0.1, 0.15) is 6.54 Å². The summed E-state index contributed by atoms with van der Waals surface area (Å²) < 4.78 is 2.44. The average Bonchev–Trinajstić information content (AvgIpc) is 3.20. The van der Waals surface area contributed by atoms with Crippen LogP contribution in [0.4, 0.5) is 0 Å². The number of aromatic nitrogens is 1. The summed E-state index contributed by atoms with van der Waals surface area (Å²) in [6, 6.07) is 9.79. The predicted molar refractivity (Wildman–Crippen MR) is 102 cm³/mol. The van der Waals surface area contributed by atoms with Crippen LogP contribution < -0.4 is 5.32 Å². The van der Waals surface area contributed by atoms with Gasteiger partial charge in [-0.3, -0.25) is 9.79 Å². The number of carbonyl (C=O) groups excluding carboxylic acids is 1. The van der Waals surface area contributed by atoms with Crippen molar-refractivity contribution >= 4 is 28.7 Å². The van der Waals surface area contributed by atoms with Gasteiger partial charge >= 0.3 is 0 Å². The van der Waals surface area contributed by atoms with Gasteiger partial charge in [0.05, 0.1) is 24.1 Å². The Bertz CT molecular complexity index is 1040. The molecule has 1 aromatic heterocycles. The van der Waals surface area contributed by atoms with Crippen molar-refractivity contribution in [3.63, 3.8) is 0 Å². The fourth-order valence-electron chi connectivity index (χ4n) is 5.06. The molecule has 0 radical (unpaired) electrons. The van der Waals surface area contributed by atoms with Gasteiger partial charge in [-0.15, -0.1) is 0 Å². The molecule has 2 atom stereocenters. The zero-order valence-corrected chi connectivity index (χ0v) is 14.5. The number of aliphatic imine (C=N–C) groups is 1. The minimum Gasteiger partial charge on any atom is -0.324 e. The van der Waals surface area contributed by atoms with E-state index < -0.39 is 0 Å². The number of nitrogens with one attached hydrogen (secondary N) is 1. The monoisotopic (exact) mass is 344 g/mol. The fraction of sp³-hybridized carbons (Fsp3) is 0.333. The molecule has 6 rings (SSSR count). The number of carbonyl (C=O) groups is 1. The standard InChI is InChI=1S/C21H20N4O/c26-20-10-22-12-24-11-14(6-8-18(20)24)25-17-4-2-1-3-15(17)21-16-7-5-13(23-16)9-19(21)25/h1-4,6,8,12-13,16,23H,5,7,9-11H2/t13-,16+/m1/s1. The molecular weight excluding hydrogens is 324 g/mol. The van der Waals surface area contributed by atoms with Crippen LogP contribution in [0.5, 0.6) is 0 Å². The van der Waals surface area contributed by atoms with Crippen LogP contribution in [0.25, 0.3) is 16.6 Å². The summed E-state index contributed by atoms with van der Waals surface area (Å²) in [6.45, 7) is 0.956. The van der Waals surface area contributed by atoms with Gasteiger partial charge in [-0.2, -0.15) is 0 Å². The molecule has 4 aliphatic heterocycles. The van der Waals surface area contributed by atoms with E-state index in [9.17, 15) is 4.79 Å². The van der Waals surface area contributed by atoms with E-state index >= 15 is 0 Å². The van der Waals surface area contributed by atoms with Crippen LogP contribution in [0, 0.1) is 0 Å². The first-order valence-electron chi connectivity index (χ1n) is 9.39. The van der Waals surface area contributed by atoms with E-state index in [2.05, 4.69) is 45.2 Å². The summed E-state index contributed by atoms with van der Waals surface area (Å²) in [7, 11) is 0. The van der Waals surface area contributed by atoms with Gasteiger partial charge in [0, 0.05) is 35.3 Å². The largest absolute Gasteiger partial charge is 0.324 e. The van der Waals surface area contributed by atoms with Gasteiger partial charge < -0.3 is 14.8 Å². The SMILES string of the molecule is O=C1CN=CN2CC(n3c4c(c5ccccc53)[C@@H]3CC[C@H](C4)N3)=CC=C12. The molecule has 5 heteroatoms. The molecular formula is C21H20N4O. The Morgan fingerprint density at radius 1 is 1.15 bits per heavy atom. The Labute approximate surface area is 151 Å². The Morgan fingerprint density at radius 3 is 3.04 bits per heavy atom.